The highest BCUT2D eigenvalue weighted by atomic mass is 32.2. The molecule has 2 N–H and O–H groups in total. The average Bonchev–Trinajstić information content (AvgIpc) is 3.36. The molecule has 0 spiro atoms. The molecule has 0 bridgehead atoms. The van der Waals surface area contributed by atoms with Crippen LogP contribution in [0.25, 0.3) is 0 Å². The first-order valence-corrected chi connectivity index (χ1v) is 13.5. The molecule has 172 valence electrons. The molecule has 9 heteroatoms. The minimum absolute atomic E-state index is 0.141. The van der Waals surface area contributed by atoms with Gasteiger partial charge in [-0.2, -0.15) is 4.31 Å². The molecule has 1 aromatic heterocycles. The quantitative estimate of drug-likeness (QED) is 0.663. The lowest BCUT2D eigenvalue weighted by molar-refractivity contribution is -0.120. The van der Waals surface area contributed by atoms with Gasteiger partial charge in [0.05, 0.1) is 17.2 Å². The van der Waals surface area contributed by atoms with E-state index < -0.39 is 15.9 Å². The van der Waals surface area contributed by atoms with Gasteiger partial charge in [0, 0.05) is 19.1 Å². The topological polar surface area (TPSA) is 95.6 Å². The van der Waals surface area contributed by atoms with Gasteiger partial charge in [-0.1, -0.05) is 37.5 Å². The number of thiophene rings is 1. The normalized spacial score (nSPS) is 20.6. The number of hydrogen-bond donors (Lipinski definition) is 2. The van der Waals surface area contributed by atoms with Crippen molar-refractivity contribution in [2.75, 3.05) is 18.4 Å². The maximum atomic E-state index is 13.0. The van der Waals surface area contributed by atoms with Gasteiger partial charge in [-0.05, 0) is 49.3 Å². The Morgan fingerprint density at radius 3 is 2.50 bits per heavy atom. The summed E-state index contributed by atoms with van der Waals surface area (Å²) in [5.41, 5.74) is 0.898. The number of nitrogens with zero attached hydrogens (tertiary/aromatic N) is 1. The highest BCUT2D eigenvalue weighted by Crippen LogP contribution is 2.27. The fourth-order valence-corrected chi connectivity index (χ4v) is 7.12. The minimum atomic E-state index is -3.59. The van der Waals surface area contributed by atoms with Crippen molar-refractivity contribution in [2.45, 2.75) is 55.2 Å². The molecule has 1 saturated heterocycles. The van der Waals surface area contributed by atoms with Gasteiger partial charge < -0.3 is 10.6 Å². The van der Waals surface area contributed by atoms with Crippen LogP contribution in [0.2, 0.25) is 0 Å². The van der Waals surface area contributed by atoms with Crippen molar-refractivity contribution >= 4 is 38.9 Å². The van der Waals surface area contributed by atoms with Crippen LogP contribution < -0.4 is 10.6 Å². The third-order valence-corrected chi connectivity index (χ3v) is 9.45. The monoisotopic (exact) mass is 475 g/mol. The van der Waals surface area contributed by atoms with E-state index in [4.69, 9.17) is 0 Å². The fourth-order valence-electron chi connectivity index (χ4n) is 4.45. The van der Waals surface area contributed by atoms with Crippen molar-refractivity contribution in [1.29, 1.82) is 0 Å². The summed E-state index contributed by atoms with van der Waals surface area (Å²) >= 11 is 1.18. The maximum absolute atomic E-state index is 13.0. The first-order chi connectivity index (χ1) is 15.4. The summed E-state index contributed by atoms with van der Waals surface area (Å²) in [5.74, 6) is -0.903. The summed E-state index contributed by atoms with van der Waals surface area (Å²) < 4.78 is 27.4. The molecule has 2 fully saturated rings. The smallest absolute Gasteiger partial charge is 0.253 e. The van der Waals surface area contributed by atoms with E-state index in [1.807, 2.05) is 0 Å². The molecule has 7 nitrogen and oxygen atoms in total. The zero-order valence-corrected chi connectivity index (χ0v) is 19.6. The third-order valence-electron chi connectivity index (χ3n) is 6.21. The molecule has 2 amide bonds. The molecule has 2 aliphatic rings. The summed E-state index contributed by atoms with van der Waals surface area (Å²) in [7, 11) is -3.59. The van der Waals surface area contributed by atoms with Crippen LogP contribution in [0.4, 0.5) is 5.69 Å². The number of sulfonamides is 1. The molecule has 2 aromatic rings. The molecule has 0 unspecified atom stereocenters. The molecule has 1 saturated carbocycles. The highest BCUT2D eigenvalue weighted by Gasteiger charge is 2.34. The van der Waals surface area contributed by atoms with Crippen molar-refractivity contribution in [2.24, 2.45) is 5.92 Å². The van der Waals surface area contributed by atoms with Crippen molar-refractivity contribution < 1.29 is 18.0 Å². The highest BCUT2D eigenvalue weighted by molar-refractivity contribution is 7.91. The van der Waals surface area contributed by atoms with Crippen LogP contribution in [-0.4, -0.2) is 43.7 Å². The number of rotatable bonds is 6. The van der Waals surface area contributed by atoms with Crippen LogP contribution >= 0.6 is 11.3 Å². The Bertz CT molecular complexity index is 1050. The van der Waals surface area contributed by atoms with Gasteiger partial charge in [0.2, 0.25) is 5.91 Å². The van der Waals surface area contributed by atoms with Gasteiger partial charge in [-0.25, -0.2) is 8.42 Å². The van der Waals surface area contributed by atoms with E-state index in [1.54, 1.807) is 41.8 Å². The van der Waals surface area contributed by atoms with Gasteiger partial charge in [0.15, 0.2) is 0 Å². The lowest BCUT2D eigenvalue weighted by atomic mass is 9.95. The van der Waals surface area contributed by atoms with E-state index in [0.717, 1.165) is 25.7 Å². The molecule has 1 aromatic carbocycles. The van der Waals surface area contributed by atoms with E-state index in [9.17, 15) is 18.0 Å². The number of piperidine rings is 1. The Kier molecular flexibility index (Phi) is 7.27. The molecule has 1 aliphatic carbocycles. The maximum Gasteiger partial charge on any atom is 0.253 e. The summed E-state index contributed by atoms with van der Waals surface area (Å²) in [4.78, 5) is 25.9. The van der Waals surface area contributed by atoms with Crippen molar-refractivity contribution in [3.05, 3.63) is 47.3 Å². The van der Waals surface area contributed by atoms with Gasteiger partial charge in [0.25, 0.3) is 15.9 Å². The van der Waals surface area contributed by atoms with Crippen LogP contribution in [0.15, 0.2) is 46.0 Å². The SMILES string of the molecule is O=C(NC1CCCCC1)c1ccccc1NC(=O)[C@H]1CCCN(S(=O)(=O)c2cccs2)C1. The number of para-hydroxylation sites is 1. The predicted octanol–water partition coefficient (Wildman–Crippen LogP) is 3.85. The van der Waals surface area contributed by atoms with Crippen LogP contribution in [0.5, 0.6) is 0 Å². The van der Waals surface area contributed by atoms with E-state index in [2.05, 4.69) is 10.6 Å². The zero-order chi connectivity index (χ0) is 22.6. The number of anilines is 1. The predicted molar refractivity (Wildman–Crippen MR) is 125 cm³/mol. The number of amides is 2. The van der Waals surface area contributed by atoms with Gasteiger partial charge in [-0.3, -0.25) is 9.59 Å². The number of hydrogen-bond acceptors (Lipinski definition) is 5. The van der Waals surface area contributed by atoms with Crippen LogP contribution in [0.1, 0.15) is 55.3 Å². The summed E-state index contributed by atoms with van der Waals surface area (Å²) in [6.07, 6.45) is 6.64. The Labute approximate surface area is 193 Å². The van der Waals surface area contributed by atoms with E-state index in [-0.39, 0.29) is 24.4 Å². The number of nitrogens with one attached hydrogen (secondary N) is 2. The molecule has 2 heterocycles. The second-order valence-electron chi connectivity index (χ2n) is 8.48. The molecule has 4 rings (SSSR count). The first-order valence-electron chi connectivity index (χ1n) is 11.2. The van der Waals surface area contributed by atoms with Gasteiger partial charge >= 0.3 is 0 Å². The molecule has 0 radical (unpaired) electrons. The van der Waals surface area contributed by atoms with Crippen LogP contribution in [0.3, 0.4) is 0 Å². The Balaban J connectivity index is 1.43. The summed E-state index contributed by atoms with van der Waals surface area (Å²) in [6.45, 7) is 0.549. The second kappa shape index (κ2) is 10.1. The molecular weight excluding hydrogens is 446 g/mol. The lowest BCUT2D eigenvalue weighted by Crippen LogP contribution is -2.43. The first kappa shape index (κ1) is 22.9. The number of carbonyl (C=O) groups excluding carboxylic acids is 2. The van der Waals surface area contributed by atoms with E-state index >= 15 is 0 Å². The molecule has 1 atom stereocenters. The van der Waals surface area contributed by atoms with Crippen molar-refractivity contribution in [1.82, 2.24) is 9.62 Å². The van der Waals surface area contributed by atoms with Gasteiger partial charge in [0.1, 0.15) is 4.21 Å². The van der Waals surface area contributed by atoms with E-state index in [0.29, 0.717) is 34.8 Å². The van der Waals surface area contributed by atoms with Crippen molar-refractivity contribution in [3.63, 3.8) is 0 Å². The molecule has 1 aliphatic heterocycles. The largest absolute Gasteiger partial charge is 0.349 e. The van der Waals surface area contributed by atoms with Crippen molar-refractivity contribution in [3.8, 4) is 0 Å². The minimum Gasteiger partial charge on any atom is -0.349 e. The number of carbonyl (C=O) groups is 2. The summed E-state index contributed by atoms with van der Waals surface area (Å²) in [6, 6.07) is 10.5. The van der Waals surface area contributed by atoms with Crippen LogP contribution in [0, 0.1) is 5.92 Å². The fraction of sp³-hybridized carbons (Fsp3) is 0.478. The lowest BCUT2D eigenvalue weighted by Gasteiger charge is -2.31. The average molecular weight is 476 g/mol. The van der Waals surface area contributed by atoms with Gasteiger partial charge in [-0.15, -0.1) is 11.3 Å². The summed E-state index contributed by atoms with van der Waals surface area (Å²) in [5, 5.41) is 7.71. The Morgan fingerprint density at radius 1 is 0.969 bits per heavy atom. The second-order valence-corrected chi connectivity index (χ2v) is 11.6. The molecule has 32 heavy (non-hydrogen) atoms. The number of benzene rings is 1. The Hall–Kier alpha value is -2.23. The third kappa shape index (κ3) is 5.22. The van der Waals surface area contributed by atoms with E-state index in [1.165, 1.54) is 22.1 Å². The zero-order valence-electron chi connectivity index (χ0n) is 18.0. The van der Waals surface area contributed by atoms with Crippen LogP contribution in [-0.2, 0) is 14.8 Å². The molecular formula is C23H29N3O4S2. The Morgan fingerprint density at radius 2 is 1.75 bits per heavy atom. The standard InChI is InChI=1S/C23H29N3O4S2/c27-22(17-8-6-14-26(16-17)32(29,30)21-13-7-15-31-21)25-20-12-5-4-11-19(20)23(28)24-18-9-2-1-3-10-18/h4-5,7,11-13,15,17-18H,1-3,6,8-10,14,16H2,(H,24,28)(H,25,27)/t17-/m0/s1.